The quantitative estimate of drug-likeness (QED) is 0.850. The zero-order valence-electron chi connectivity index (χ0n) is 11.4. The molecule has 4 nitrogen and oxygen atoms in total. The molecule has 1 amide bonds. The van der Waals surface area contributed by atoms with Crippen LogP contribution in [-0.4, -0.2) is 52.0 Å². The second kappa shape index (κ2) is 5.84. The lowest BCUT2D eigenvalue weighted by atomic mass is 9.90. The normalized spacial score (nSPS) is 18.6. The molecule has 21 heavy (non-hydrogen) atoms. The van der Waals surface area contributed by atoms with Crippen molar-refractivity contribution in [3.05, 3.63) is 23.9 Å². The van der Waals surface area contributed by atoms with Crippen LogP contribution in [-0.2, 0) is 0 Å². The second-order valence-electron chi connectivity index (χ2n) is 4.91. The van der Waals surface area contributed by atoms with Crippen LogP contribution in [0.4, 0.5) is 13.2 Å². The van der Waals surface area contributed by atoms with Crippen molar-refractivity contribution in [1.29, 1.82) is 0 Å². The maximum atomic E-state index is 12.7. The molecule has 0 bridgehead atoms. The summed E-state index contributed by atoms with van der Waals surface area (Å²) in [5.74, 6) is -0.336. The number of rotatable bonds is 2. The molecule has 0 radical (unpaired) electrons. The lowest BCUT2D eigenvalue weighted by Gasteiger charge is -2.39. The van der Waals surface area contributed by atoms with Crippen LogP contribution in [0.25, 0.3) is 0 Å². The Labute approximate surface area is 124 Å². The van der Waals surface area contributed by atoms with Crippen molar-refractivity contribution in [2.24, 2.45) is 0 Å². The average molecular weight is 320 g/mol. The number of halogens is 3. The van der Waals surface area contributed by atoms with Gasteiger partial charge in [-0.1, -0.05) is 0 Å². The van der Waals surface area contributed by atoms with E-state index in [0.717, 1.165) is 0 Å². The zero-order chi connectivity index (χ0) is 15.7. The van der Waals surface area contributed by atoms with Crippen LogP contribution < -0.4 is 0 Å². The third kappa shape index (κ3) is 3.32. The first kappa shape index (κ1) is 16.1. The highest BCUT2D eigenvalue weighted by molar-refractivity contribution is 7.98. The number of nitrogens with zero attached hydrogens (tertiary/aromatic N) is 2. The summed E-state index contributed by atoms with van der Waals surface area (Å²) < 4.78 is 38.1. The summed E-state index contributed by atoms with van der Waals surface area (Å²) in [5.41, 5.74) is -2.29. The van der Waals surface area contributed by atoms with Gasteiger partial charge in [-0.2, -0.15) is 13.2 Å². The Kier molecular flexibility index (Phi) is 4.48. The van der Waals surface area contributed by atoms with E-state index in [-0.39, 0.29) is 19.0 Å². The third-order valence-corrected chi connectivity index (χ3v) is 4.24. The number of aromatic nitrogens is 1. The Morgan fingerprint density at radius 1 is 1.43 bits per heavy atom. The summed E-state index contributed by atoms with van der Waals surface area (Å²) in [6, 6.07) is 3.14. The lowest BCUT2D eigenvalue weighted by Crippen LogP contribution is -2.54. The summed E-state index contributed by atoms with van der Waals surface area (Å²) in [4.78, 5) is 17.6. The van der Waals surface area contributed by atoms with E-state index in [9.17, 15) is 23.1 Å². The van der Waals surface area contributed by atoms with E-state index in [1.54, 1.807) is 6.07 Å². The molecule has 0 aromatic carbocycles. The van der Waals surface area contributed by atoms with Gasteiger partial charge in [0.15, 0.2) is 5.60 Å². The van der Waals surface area contributed by atoms with Crippen molar-refractivity contribution >= 4 is 17.7 Å². The number of hydrogen-bond donors (Lipinski definition) is 1. The number of aliphatic hydroxyl groups is 1. The predicted octanol–water partition coefficient (Wildman–Crippen LogP) is 2.33. The number of alkyl halides is 3. The van der Waals surface area contributed by atoms with Gasteiger partial charge in [0.1, 0.15) is 0 Å². The summed E-state index contributed by atoms with van der Waals surface area (Å²) in [6.07, 6.45) is -2.34. The van der Waals surface area contributed by atoms with Crippen molar-refractivity contribution in [3.63, 3.8) is 0 Å². The van der Waals surface area contributed by atoms with E-state index in [1.165, 1.54) is 28.9 Å². The Balaban J connectivity index is 2.07. The van der Waals surface area contributed by atoms with Gasteiger partial charge in [0.25, 0.3) is 5.91 Å². The predicted molar refractivity (Wildman–Crippen MR) is 72.2 cm³/mol. The number of pyridine rings is 1. The molecule has 0 spiro atoms. The number of carbonyl (C=O) groups is 1. The molecule has 1 aromatic heterocycles. The fourth-order valence-corrected chi connectivity index (χ4v) is 2.61. The molecule has 1 saturated heterocycles. The van der Waals surface area contributed by atoms with Crippen LogP contribution in [0.2, 0.25) is 0 Å². The van der Waals surface area contributed by atoms with Gasteiger partial charge in [-0.05, 0) is 18.4 Å². The molecular formula is C13H15F3N2O2S. The summed E-state index contributed by atoms with van der Waals surface area (Å²) in [6.45, 7) is -0.239. The Morgan fingerprint density at radius 2 is 2.05 bits per heavy atom. The minimum Gasteiger partial charge on any atom is -0.380 e. The average Bonchev–Trinajstić information content (AvgIpc) is 2.46. The molecule has 1 aliphatic rings. The molecule has 1 aromatic rings. The molecule has 1 aliphatic heterocycles. The van der Waals surface area contributed by atoms with Gasteiger partial charge in [-0.3, -0.25) is 4.79 Å². The molecule has 116 valence electrons. The maximum Gasteiger partial charge on any atom is 0.417 e. The molecule has 2 rings (SSSR count). The molecule has 1 fully saturated rings. The molecule has 0 aliphatic carbocycles. The number of amides is 1. The first-order valence-corrected chi connectivity index (χ1v) is 7.58. The highest BCUT2D eigenvalue weighted by Gasteiger charge is 2.54. The Hall–Kier alpha value is -1.28. The minimum absolute atomic E-state index is 0.119. The van der Waals surface area contributed by atoms with Gasteiger partial charge < -0.3 is 10.0 Å². The van der Waals surface area contributed by atoms with Crippen LogP contribution >= 0.6 is 11.8 Å². The number of piperidine rings is 1. The fourth-order valence-electron chi connectivity index (χ4n) is 2.20. The summed E-state index contributed by atoms with van der Waals surface area (Å²) in [5, 5.41) is 10.3. The van der Waals surface area contributed by atoms with Gasteiger partial charge in [-0.15, -0.1) is 11.8 Å². The van der Waals surface area contributed by atoms with Crippen LogP contribution in [0.1, 0.15) is 23.2 Å². The lowest BCUT2D eigenvalue weighted by molar-refractivity contribution is -0.271. The van der Waals surface area contributed by atoms with E-state index in [4.69, 9.17) is 0 Å². The van der Waals surface area contributed by atoms with Crippen LogP contribution in [0, 0.1) is 0 Å². The number of likely N-dealkylation sites (tertiary alicyclic amines) is 1. The Morgan fingerprint density at radius 3 is 2.57 bits per heavy atom. The SMILES string of the molecule is CSc1cc(C(=O)N2CCC(O)(C(F)(F)F)CC2)ccn1. The monoisotopic (exact) mass is 320 g/mol. The molecular weight excluding hydrogens is 305 g/mol. The number of thioether (sulfide) groups is 1. The van der Waals surface area contributed by atoms with Crippen LogP contribution in [0.15, 0.2) is 23.4 Å². The molecule has 2 heterocycles. The number of carbonyl (C=O) groups excluding carboxylic acids is 1. The topological polar surface area (TPSA) is 53.4 Å². The molecule has 1 N–H and O–H groups in total. The smallest absolute Gasteiger partial charge is 0.380 e. The molecule has 0 saturated carbocycles. The van der Waals surface area contributed by atoms with Crippen LogP contribution in [0.5, 0.6) is 0 Å². The molecule has 0 unspecified atom stereocenters. The first-order valence-electron chi connectivity index (χ1n) is 6.35. The maximum absolute atomic E-state index is 12.7. The van der Waals surface area contributed by atoms with E-state index < -0.39 is 24.6 Å². The van der Waals surface area contributed by atoms with E-state index in [1.807, 2.05) is 6.26 Å². The Bertz CT molecular complexity index is 528. The third-order valence-electron chi connectivity index (χ3n) is 3.60. The summed E-state index contributed by atoms with van der Waals surface area (Å²) in [7, 11) is 0. The standard InChI is InChI=1S/C13H15F3N2O2S/c1-21-10-8-9(2-5-17-10)11(19)18-6-3-12(20,4-7-18)13(14,15)16/h2,5,8,20H,3-4,6-7H2,1H3. The first-order chi connectivity index (χ1) is 9.77. The molecule has 0 atom stereocenters. The van der Waals surface area contributed by atoms with Crippen molar-refractivity contribution < 1.29 is 23.1 Å². The van der Waals surface area contributed by atoms with Gasteiger partial charge in [0, 0.05) is 37.7 Å². The summed E-state index contributed by atoms with van der Waals surface area (Å²) >= 11 is 1.38. The fraction of sp³-hybridized carbons (Fsp3) is 0.538. The van der Waals surface area contributed by atoms with E-state index in [0.29, 0.717) is 10.6 Å². The highest BCUT2D eigenvalue weighted by atomic mass is 32.2. The van der Waals surface area contributed by atoms with Crippen LogP contribution in [0.3, 0.4) is 0 Å². The minimum atomic E-state index is -4.66. The second-order valence-corrected chi connectivity index (χ2v) is 5.73. The van der Waals surface area contributed by atoms with Crippen molar-refractivity contribution in [2.45, 2.75) is 29.6 Å². The zero-order valence-corrected chi connectivity index (χ0v) is 12.2. The van der Waals surface area contributed by atoms with Gasteiger partial charge in [0.2, 0.25) is 0 Å². The highest BCUT2D eigenvalue weighted by Crippen LogP contribution is 2.38. The van der Waals surface area contributed by atoms with Gasteiger partial charge in [0.05, 0.1) is 5.03 Å². The van der Waals surface area contributed by atoms with Gasteiger partial charge >= 0.3 is 6.18 Å². The van der Waals surface area contributed by atoms with Crippen molar-refractivity contribution in [1.82, 2.24) is 9.88 Å². The van der Waals surface area contributed by atoms with E-state index >= 15 is 0 Å². The molecule has 8 heteroatoms. The number of hydrogen-bond acceptors (Lipinski definition) is 4. The van der Waals surface area contributed by atoms with Crippen molar-refractivity contribution in [3.8, 4) is 0 Å². The van der Waals surface area contributed by atoms with E-state index in [2.05, 4.69) is 4.98 Å². The van der Waals surface area contributed by atoms with Gasteiger partial charge in [-0.25, -0.2) is 4.98 Å². The van der Waals surface area contributed by atoms with Crippen molar-refractivity contribution in [2.75, 3.05) is 19.3 Å². The largest absolute Gasteiger partial charge is 0.417 e.